The van der Waals surface area contributed by atoms with Gasteiger partial charge in [0, 0.05) is 0 Å². The van der Waals surface area contributed by atoms with Crippen molar-refractivity contribution < 1.29 is 9.53 Å². The minimum Gasteiger partial charge on any atom is -0.469 e. The maximum atomic E-state index is 12.4. The van der Waals surface area contributed by atoms with Gasteiger partial charge in [-0.25, -0.2) is 0 Å². The lowest BCUT2D eigenvalue weighted by molar-refractivity contribution is -0.146. The zero-order chi connectivity index (χ0) is 17.4. The largest absolute Gasteiger partial charge is 0.469 e. The van der Waals surface area contributed by atoms with Crippen molar-refractivity contribution in [1.29, 1.82) is 0 Å². The molecule has 0 saturated heterocycles. The maximum absolute atomic E-state index is 12.4. The highest BCUT2D eigenvalue weighted by molar-refractivity contribution is 5.76. The van der Waals surface area contributed by atoms with Gasteiger partial charge in [-0.1, -0.05) is 41.9 Å². The van der Waals surface area contributed by atoms with Crippen molar-refractivity contribution in [1.82, 2.24) is 0 Å². The molecule has 0 aliphatic heterocycles. The molecule has 0 heterocycles. The maximum Gasteiger partial charge on any atom is 0.313 e. The number of carbonyl (C=O) groups excluding carboxylic acids is 1. The van der Waals surface area contributed by atoms with Crippen LogP contribution in [0.5, 0.6) is 0 Å². The lowest BCUT2D eigenvalue weighted by atomic mass is 9.74. The Labute approximate surface area is 142 Å². The van der Waals surface area contributed by atoms with E-state index in [1.807, 2.05) is 0 Å². The molecule has 2 nitrogen and oxygen atoms in total. The van der Waals surface area contributed by atoms with E-state index < -0.39 is 0 Å². The van der Waals surface area contributed by atoms with Crippen molar-refractivity contribution in [3.63, 3.8) is 0 Å². The van der Waals surface area contributed by atoms with E-state index in [0.717, 1.165) is 32.1 Å². The number of rotatable bonds is 5. The fourth-order valence-corrected chi connectivity index (χ4v) is 3.52. The molecule has 0 fully saturated rings. The smallest absolute Gasteiger partial charge is 0.313 e. The summed E-state index contributed by atoms with van der Waals surface area (Å²) in [6.45, 7) is 10.9. The Kier molecular flexibility index (Phi) is 8.36. The topological polar surface area (TPSA) is 26.3 Å². The fraction of sp³-hybridized carbons (Fsp3) is 0.667. The van der Waals surface area contributed by atoms with E-state index in [-0.39, 0.29) is 11.9 Å². The summed E-state index contributed by atoms with van der Waals surface area (Å²) in [5.74, 6) is 0.688. The second-order valence-corrected chi connectivity index (χ2v) is 7.27. The first kappa shape index (κ1) is 19.7. The monoisotopic (exact) mass is 318 g/mol. The molecule has 0 aromatic carbocycles. The van der Waals surface area contributed by atoms with Gasteiger partial charge in [0.25, 0.3) is 0 Å². The molecule has 0 aromatic heterocycles. The van der Waals surface area contributed by atoms with Crippen molar-refractivity contribution >= 4 is 5.97 Å². The zero-order valence-corrected chi connectivity index (χ0v) is 15.8. The Morgan fingerprint density at radius 3 is 2.65 bits per heavy atom. The molecular weight excluding hydrogens is 284 g/mol. The van der Waals surface area contributed by atoms with Crippen molar-refractivity contribution in [3.8, 4) is 0 Å². The number of methoxy groups -OCH3 is 1. The molecule has 0 aromatic rings. The SMILES string of the molecule is COC(=O)C1/C(C)=C\C/C=C(\C)CCC1C(C)CCC=C(C)C. The first-order valence-corrected chi connectivity index (χ1v) is 8.90. The van der Waals surface area contributed by atoms with Crippen LogP contribution in [0.3, 0.4) is 0 Å². The van der Waals surface area contributed by atoms with Gasteiger partial charge in [0.15, 0.2) is 0 Å². The van der Waals surface area contributed by atoms with Crippen LogP contribution in [-0.2, 0) is 9.53 Å². The minimum atomic E-state index is -0.0963. The molecule has 1 aliphatic rings. The second-order valence-electron chi connectivity index (χ2n) is 7.27. The van der Waals surface area contributed by atoms with Crippen molar-refractivity contribution in [3.05, 3.63) is 34.9 Å². The Balaban J connectivity index is 2.99. The summed E-state index contributed by atoms with van der Waals surface area (Å²) in [4.78, 5) is 12.4. The Bertz CT molecular complexity index is 478. The van der Waals surface area contributed by atoms with Gasteiger partial charge < -0.3 is 4.74 Å². The van der Waals surface area contributed by atoms with Crippen LogP contribution in [0.25, 0.3) is 0 Å². The minimum absolute atomic E-state index is 0.0719. The van der Waals surface area contributed by atoms with Crippen LogP contribution in [0.1, 0.15) is 66.7 Å². The van der Waals surface area contributed by atoms with E-state index in [1.54, 1.807) is 0 Å². The number of allylic oxidation sites excluding steroid dienone is 5. The van der Waals surface area contributed by atoms with Crippen LogP contribution in [0.2, 0.25) is 0 Å². The summed E-state index contributed by atoms with van der Waals surface area (Å²) in [5, 5.41) is 0. The predicted molar refractivity (Wildman–Crippen MR) is 98.2 cm³/mol. The van der Waals surface area contributed by atoms with E-state index in [9.17, 15) is 4.79 Å². The van der Waals surface area contributed by atoms with Gasteiger partial charge in [-0.2, -0.15) is 0 Å². The molecule has 0 bridgehead atoms. The molecule has 0 spiro atoms. The lowest BCUT2D eigenvalue weighted by Gasteiger charge is -2.31. The molecule has 3 unspecified atom stereocenters. The average Bonchev–Trinajstić information content (AvgIpc) is 2.55. The van der Waals surface area contributed by atoms with E-state index in [4.69, 9.17) is 4.74 Å². The second kappa shape index (κ2) is 9.75. The molecule has 2 heteroatoms. The summed E-state index contributed by atoms with van der Waals surface area (Å²) < 4.78 is 5.14. The average molecular weight is 319 g/mol. The summed E-state index contributed by atoms with van der Waals surface area (Å²) in [6.07, 6.45) is 12.1. The molecule has 130 valence electrons. The normalized spacial score (nSPS) is 28.1. The first-order chi connectivity index (χ1) is 10.9. The van der Waals surface area contributed by atoms with Crippen molar-refractivity contribution in [2.75, 3.05) is 7.11 Å². The third kappa shape index (κ3) is 6.37. The zero-order valence-electron chi connectivity index (χ0n) is 15.8. The number of esters is 1. The molecule has 23 heavy (non-hydrogen) atoms. The van der Waals surface area contributed by atoms with Gasteiger partial charge in [0.05, 0.1) is 13.0 Å². The third-order valence-corrected chi connectivity index (χ3v) is 5.06. The molecule has 3 atom stereocenters. The predicted octanol–water partition coefficient (Wildman–Crippen LogP) is 5.85. The standard InChI is InChI=1S/C21H34O2/c1-15(2)9-7-11-17(4)19-14-13-16(3)10-8-12-18(5)20(19)21(22)23-6/h9-10,12,17,19-20H,7-8,11,13-14H2,1-6H3/b16-10+,18-12-. The Morgan fingerprint density at radius 2 is 2.04 bits per heavy atom. The van der Waals surface area contributed by atoms with Crippen LogP contribution < -0.4 is 0 Å². The van der Waals surface area contributed by atoms with Gasteiger partial charge >= 0.3 is 5.97 Å². The van der Waals surface area contributed by atoms with Gasteiger partial charge in [0.1, 0.15) is 0 Å². The summed E-state index contributed by atoms with van der Waals surface area (Å²) in [7, 11) is 1.51. The first-order valence-electron chi connectivity index (χ1n) is 8.90. The fourth-order valence-electron chi connectivity index (χ4n) is 3.52. The van der Waals surface area contributed by atoms with Crippen LogP contribution in [-0.4, -0.2) is 13.1 Å². The van der Waals surface area contributed by atoms with Gasteiger partial charge in [-0.15, -0.1) is 0 Å². The molecule has 0 amide bonds. The third-order valence-electron chi connectivity index (χ3n) is 5.06. The highest BCUT2D eigenvalue weighted by Gasteiger charge is 2.34. The molecule has 1 rings (SSSR count). The Hall–Kier alpha value is -1.31. The number of carbonyl (C=O) groups is 1. The summed E-state index contributed by atoms with van der Waals surface area (Å²) >= 11 is 0. The number of hydrogen-bond acceptors (Lipinski definition) is 2. The molecule has 1 aliphatic carbocycles. The van der Waals surface area contributed by atoms with E-state index >= 15 is 0 Å². The highest BCUT2D eigenvalue weighted by Crippen LogP contribution is 2.36. The van der Waals surface area contributed by atoms with Gasteiger partial charge in [-0.05, 0) is 71.6 Å². The van der Waals surface area contributed by atoms with Crippen LogP contribution >= 0.6 is 0 Å². The van der Waals surface area contributed by atoms with Crippen LogP contribution in [0.15, 0.2) is 34.9 Å². The van der Waals surface area contributed by atoms with Gasteiger partial charge in [0.2, 0.25) is 0 Å². The molecule has 0 N–H and O–H groups in total. The quantitative estimate of drug-likeness (QED) is 0.469. The highest BCUT2D eigenvalue weighted by atomic mass is 16.5. The van der Waals surface area contributed by atoms with Crippen molar-refractivity contribution in [2.24, 2.45) is 17.8 Å². The van der Waals surface area contributed by atoms with E-state index in [2.05, 4.69) is 52.8 Å². The lowest BCUT2D eigenvalue weighted by Crippen LogP contribution is -2.30. The number of ether oxygens (including phenoxy) is 1. The van der Waals surface area contributed by atoms with E-state index in [0.29, 0.717) is 11.8 Å². The Morgan fingerprint density at radius 1 is 1.35 bits per heavy atom. The molecular formula is C21H34O2. The van der Waals surface area contributed by atoms with E-state index in [1.165, 1.54) is 23.8 Å². The molecule has 0 radical (unpaired) electrons. The van der Waals surface area contributed by atoms with Crippen LogP contribution in [0, 0.1) is 17.8 Å². The number of hydrogen-bond donors (Lipinski definition) is 0. The summed E-state index contributed by atoms with van der Waals surface area (Å²) in [6, 6.07) is 0. The van der Waals surface area contributed by atoms with Crippen LogP contribution in [0.4, 0.5) is 0 Å². The van der Waals surface area contributed by atoms with Gasteiger partial charge in [-0.3, -0.25) is 4.79 Å². The summed E-state index contributed by atoms with van der Waals surface area (Å²) in [5.41, 5.74) is 3.97. The molecule has 0 saturated carbocycles. The van der Waals surface area contributed by atoms with Crippen molar-refractivity contribution in [2.45, 2.75) is 66.7 Å².